The summed E-state index contributed by atoms with van der Waals surface area (Å²) in [5.41, 5.74) is 6.22. The van der Waals surface area contributed by atoms with Crippen molar-refractivity contribution >= 4 is 23.2 Å². The fraction of sp³-hybridized carbons (Fsp3) is 0.375. The number of amides is 1. The lowest BCUT2D eigenvalue weighted by Gasteiger charge is -2.52. The molecule has 2 fully saturated rings. The fourth-order valence-corrected chi connectivity index (χ4v) is 6.56. The van der Waals surface area contributed by atoms with Crippen molar-refractivity contribution in [2.75, 3.05) is 38.0 Å². The number of rotatable bonds is 6. The first-order valence-corrected chi connectivity index (χ1v) is 14.1. The second kappa shape index (κ2) is 10.5. The summed E-state index contributed by atoms with van der Waals surface area (Å²) in [6.07, 6.45) is 5.70. The molecule has 0 radical (unpaired) electrons. The van der Waals surface area contributed by atoms with E-state index in [1.165, 1.54) is 30.5 Å². The number of fused-ring (bicyclic) bond motifs is 2. The van der Waals surface area contributed by atoms with Gasteiger partial charge in [-0.15, -0.1) is 0 Å². The van der Waals surface area contributed by atoms with Crippen molar-refractivity contribution in [1.82, 2.24) is 9.80 Å². The van der Waals surface area contributed by atoms with Gasteiger partial charge in [0.1, 0.15) is 0 Å². The fourth-order valence-electron chi connectivity index (χ4n) is 6.37. The van der Waals surface area contributed by atoms with E-state index in [0.29, 0.717) is 17.1 Å². The smallest absolute Gasteiger partial charge is 0.238 e. The Morgan fingerprint density at radius 1 is 1.00 bits per heavy atom. The minimum absolute atomic E-state index is 0.000408. The van der Waals surface area contributed by atoms with E-state index in [9.17, 15) is 10.1 Å². The van der Waals surface area contributed by atoms with Gasteiger partial charge < -0.3 is 10.2 Å². The number of hydrogen-bond acceptors (Lipinski definition) is 4. The van der Waals surface area contributed by atoms with Crippen molar-refractivity contribution < 1.29 is 4.79 Å². The van der Waals surface area contributed by atoms with E-state index in [-0.39, 0.29) is 11.4 Å². The molecule has 0 aromatic heterocycles. The van der Waals surface area contributed by atoms with Gasteiger partial charge in [0.25, 0.3) is 0 Å². The molecular formula is C32H33ClN4O. The van der Waals surface area contributed by atoms with Crippen LogP contribution < -0.4 is 5.32 Å². The third kappa shape index (κ3) is 5.22. The van der Waals surface area contributed by atoms with E-state index in [1.54, 1.807) is 6.07 Å². The molecule has 0 bridgehead atoms. The minimum Gasteiger partial charge on any atom is -0.325 e. The quantitative estimate of drug-likeness (QED) is 0.425. The van der Waals surface area contributed by atoms with Crippen molar-refractivity contribution in [3.63, 3.8) is 0 Å². The standard InChI is InChI=1S/C32H33ClN4O/c33-28-5-2-6-29(19-28)35-31(38)22-37-14-11-27-18-26(25-4-1-3-24(17-25)20-34)9-10-30(27)32(37)12-15-36(16-13-32)21-23-7-8-23/h1-6,9-10,17-19,23H,7-8,11-16,21-22H2,(H,35,38). The molecule has 3 aliphatic rings. The van der Waals surface area contributed by atoms with Crippen molar-refractivity contribution in [3.05, 3.63) is 88.4 Å². The molecule has 1 saturated heterocycles. The molecule has 194 valence electrons. The zero-order valence-electron chi connectivity index (χ0n) is 21.6. The van der Waals surface area contributed by atoms with Crippen LogP contribution in [0.25, 0.3) is 11.1 Å². The van der Waals surface area contributed by atoms with Crippen LogP contribution in [0.3, 0.4) is 0 Å². The zero-order valence-corrected chi connectivity index (χ0v) is 22.4. The Bertz CT molecular complexity index is 1380. The molecule has 38 heavy (non-hydrogen) atoms. The van der Waals surface area contributed by atoms with Gasteiger partial charge in [-0.05, 0) is 90.6 Å². The molecule has 1 amide bonds. The summed E-state index contributed by atoms with van der Waals surface area (Å²) in [5, 5.41) is 13.0. The van der Waals surface area contributed by atoms with Gasteiger partial charge in [0.05, 0.1) is 18.2 Å². The molecule has 1 spiro atoms. The summed E-state index contributed by atoms with van der Waals surface area (Å²) < 4.78 is 0. The minimum atomic E-state index is -0.146. The number of nitrogens with one attached hydrogen (secondary N) is 1. The van der Waals surface area contributed by atoms with Gasteiger partial charge in [-0.1, -0.05) is 48.0 Å². The molecule has 2 aliphatic heterocycles. The summed E-state index contributed by atoms with van der Waals surface area (Å²) >= 11 is 6.14. The Labute approximate surface area is 230 Å². The predicted octanol–water partition coefficient (Wildman–Crippen LogP) is 6.08. The van der Waals surface area contributed by atoms with Gasteiger partial charge in [0.15, 0.2) is 0 Å². The lowest BCUT2D eigenvalue weighted by molar-refractivity contribution is -0.120. The van der Waals surface area contributed by atoms with Crippen molar-refractivity contribution in [1.29, 1.82) is 5.26 Å². The maximum Gasteiger partial charge on any atom is 0.238 e. The van der Waals surface area contributed by atoms with E-state index in [1.807, 2.05) is 36.4 Å². The third-order valence-electron chi connectivity index (χ3n) is 8.53. The molecule has 1 N–H and O–H groups in total. The number of carbonyl (C=O) groups is 1. The first-order valence-electron chi connectivity index (χ1n) is 13.7. The maximum absolute atomic E-state index is 13.2. The van der Waals surface area contributed by atoms with E-state index in [2.05, 4.69) is 45.5 Å². The number of anilines is 1. The number of nitrogens with zero attached hydrogens (tertiary/aromatic N) is 3. The van der Waals surface area contributed by atoms with Crippen LogP contribution in [0.5, 0.6) is 0 Å². The summed E-state index contributed by atoms with van der Waals surface area (Å²) in [6, 6.07) is 24.2. The molecule has 3 aromatic rings. The largest absolute Gasteiger partial charge is 0.325 e. The number of halogens is 1. The molecular weight excluding hydrogens is 492 g/mol. The van der Waals surface area contributed by atoms with Gasteiger partial charge in [-0.3, -0.25) is 9.69 Å². The second-order valence-electron chi connectivity index (χ2n) is 11.1. The molecule has 3 aromatic carbocycles. The molecule has 1 saturated carbocycles. The lowest BCUT2D eigenvalue weighted by Crippen LogP contribution is -2.58. The first-order chi connectivity index (χ1) is 18.5. The molecule has 0 unspecified atom stereocenters. The van der Waals surface area contributed by atoms with E-state index in [0.717, 1.165) is 61.6 Å². The average molecular weight is 525 g/mol. The maximum atomic E-state index is 13.2. The SMILES string of the molecule is N#Cc1cccc(-c2ccc3c(c2)CCN(CC(=O)Nc2cccc(Cl)c2)C32CCN(CC3CC3)CC2)c1. The molecule has 6 heteroatoms. The zero-order chi connectivity index (χ0) is 26.1. The Morgan fingerprint density at radius 2 is 1.79 bits per heavy atom. The van der Waals surface area contributed by atoms with E-state index < -0.39 is 0 Å². The Hall–Kier alpha value is -3.17. The summed E-state index contributed by atoms with van der Waals surface area (Å²) in [5.74, 6) is 0.884. The molecule has 5 nitrogen and oxygen atoms in total. The second-order valence-corrected chi connectivity index (χ2v) is 11.5. The van der Waals surface area contributed by atoms with Gasteiger partial charge in [0, 0.05) is 42.4 Å². The van der Waals surface area contributed by atoms with Crippen LogP contribution in [0.4, 0.5) is 5.69 Å². The molecule has 0 atom stereocenters. The molecule has 6 rings (SSSR count). The van der Waals surface area contributed by atoms with Gasteiger partial charge in [0.2, 0.25) is 5.91 Å². The van der Waals surface area contributed by atoms with Crippen LogP contribution in [-0.4, -0.2) is 48.4 Å². The Balaban J connectivity index is 1.28. The Kier molecular flexibility index (Phi) is 6.97. The first kappa shape index (κ1) is 25.1. The van der Waals surface area contributed by atoms with E-state index in [4.69, 9.17) is 11.6 Å². The highest BCUT2D eigenvalue weighted by atomic mass is 35.5. The number of benzene rings is 3. The highest BCUT2D eigenvalue weighted by Crippen LogP contribution is 2.45. The number of hydrogen-bond donors (Lipinski definition) is 1. The van der Waals surface area contributed by atoms with Crippen LogP contribution in [0.1, 0.15) is 42.4 Å². The van der Waals surface area contributed by atoms with Crippen molar-refractivity contribution in [2.45, 2.75) is 37.6 Å². The summed E-state index contributed by atoms with van der Waals surface area (Å²) in [4.78, 5) is 18.3. The molecule has 1 aliphatic carbocycles. The van der Waals surface area contributed by atoms with Crippen LogP contribution in [0, 0.1) is 17.2 Å². The Morgan fingerprint density at radius 3 is 2.55 bits per heavy atom. The monoisotopic (exact) mass is 524 g/mol. The topological polar surface area (TPSA) is 59.4 Å². The predicted molar refractivity (Wildman–Crippen MR) is 152 cm³/mol. The van der Waals surface area contributed by atoms with Crippen LogP contribution in [0.15, 0.2) is 66.7 Å². The summed E-state index contributed by atoms with van der Waals surface area (Å²) in [7, 11) is 0. The highest BCUT2D eigenvalue weighted by molar-refractivity contribution is 6.30. The molecule has 2 heterocycles. The number of piperidine rings is 1. The third-order valence-corrected chi connectivity index (χ3v) is 8.76. The highest BCUT2D eigenvalue weighted by Gasteiger charge is 2.45. The van der Waals surface area contributed by atoms with E-state index >= 15 is 0 Å². The normalized spacial score (nSPS) is 19.1. The number of nitriles is 1. The summed E-state index contributed by atoms with van der Waals surface area (Å²) in [6.45, 7) is 4.55. The average Bonchev–Trinajstić information content (AvgIpc) is 3.75. The number of carbonyl (C=O) groups excluding carboxylic acids is 1. The van der Waals surface area contributed by atoms with Crippen LogP contribution in [0.2, 0.25) is 5.02 Å². The van der Waals surface area contributed by atoms with Gasteiger partial charge >= 0.3 is 0 Å². The number of likely N-dealkylation sites (tertiary alicyclic amines) is 1. The van der Waals surface area contributed by atoms with Crippen LogP contribution in [-0.2, 0) is 16.8 Å². The lowest BCUT2D eigenvalue weighted by atomic mass is 9.73. The van der Waals surface area contributed by atoms with Gasteiger partial charge in [-0.2, -0.15) is 5.26 Å². The van der Waals surface area contributed by atoms with Crippen LogP contribution >= 0.6 is 11.6 Å². The van der Waals surface area contributed by atoms with Crippen molar-refractivity contribution in [2.24, 2.45) is 5.92 Å². The van der Waals surface area contributed by atoms with Gasteiger partial charge in [-0.25, -0.2) is 0 Å². The van der Waals surface area contributed by atoms with Crippen molar-refractivity contribution in [3.8, 4) is 17.2 Å².